The minimum absolute atomic E-state index is 0.116. The summed E-state index contributed by atoms with van der Waals surface area (Å²) in [5.41, 5.74) is 1.50. The lowest BCUT2D eigenvalue weighted by Gasteiger charge is -2.08. The third-order valence-electron chi connectivity index (χ3n) is 2.97. The molecule has 6 heteroatoms. The molecule has 0 fully saturated rings. The number of rotatable bonds is 6. The Hall–Kier alpha value is -3.02. The Bertz CT molecular complexity index is 726. The van der Waals surface area contributed by atoms with Gasteiger partial charge in [-0.15, -0.1) is 0 Å². The van der Waals surface area contributed by atoms with Gasteiger partial charge < -0.3 is 19.4 Å². The first-order chi connectivity index (χ1) is 10.5. The van der Waals surface area contributed by atoms with E-state index in [9.17, 15) is 9.59 Å². The molecule has 22 heavy (non-hydrogen) atoms. The summed E-state index contributed by atoms with van der Waals surface area (Å²) < 4.78 is 10.5. The molecule has 0 atom stereocenters. The van der Waals surface area contributed by atoms with Crippen molar-refractivity contribution in [3.63, 3.8) is 0 Å². The van der Waals surface area contributed by atoms with Crippen LogP contribution in [-0.4, -0.2) is 29.3 Å². The zero-order valence-electron chi connectivity index (χ0n) is 11.8. The number of carboxylic acids is 2. The van der Waals surface area contributed by atoms with Crippen molar-refractivity contribution in [3.05, 3.63) is 59.1 Å². The van der Waals surface area contributed by atoms with Crippen molar-refractivity contribution < 1.29 is 29.0 Å². The van der Waals surface area contributed by atoms with Crippen LogP contribution in [0.2, 0.25) is 0 Å². The molecule has 2 rings (SSSR count). The fraction of sp³-hybridized carbons (Fsp3) is 0.125. The Kier molecular flexibility index (Phi) is 4.63. The standard InChI is InChI=1S/C16H14O6/c1-21-14-8-10(3-7-15(17)18)2-4-11(14)9-12-5-6-13(22-12)16(19)20/h2-8H,9H2,1H3,(H,17,18)(H,19,20)/b7-3+. The summed E-state index contributed by atoms with van der Waals surface area (Å²) in [5, 5.41) is 17.5. The van der Waals surface area contributed by atoms with E-state index in [2.05, 4.69) is 0 Å². The minimum atomic E-state index is -1.12. The number of benzene rings is 1. The molecule has 114 valence electrons. The molecule has 0 aliphatic heterocycles. The van der Waals surface area contributed by atoms with Crippen LogP contribution in [0.25, 0.3) is 6.08 Å². The van der Waals surface area contributed by atoms with E-state index in [4.69, 9.17) is 19.4 Å². The van der Waals surface area contributed by atoms with Crippen LogP contribution in [0.15, 0.2) is 40.8 Å². The van der Waals surface area contributed by atoms with Crippen molar-refractivity contribution in [1.29, 1.82) is 0 Å². The maximum absolute atomic E-state index is 10.8. The quantitative estimate of drug-likeness (QED) is 0.796. The summed E-state index contributed by atoms with van der Waals surface area (Å²) in [5.74, 6) is -1.19. The highest BCUT2D eigenvalue weighted by Gasteiger charge is 2.11. The molecule has 0 aliphatic carbocycles. The van der Waals surface area contributed by atoms with Crippen LogP contribution in [-0.2, 0) is 11.2 Å². The lowest BCUT2D eigenvalue weighted by Crippen LogP contribution is -1.95. The van der Waals surface area contributed by atoms with Crippen LogP contribution in [0.5, 0.6) is 5.75 Å². The maximum Gasteiger partial charge on any atom is 0.371 e. The summed E-state index contributed by atoms with van der Waals surface area (Å²) in [4.78, 5) is 21.3. The normalized spacial score (nSPS) is 10.8. The van der Waals surface area contributed by atoms with Crippen LogP contribution in [0, 0.1) is 0 Å². The van der Waals surface area contributed by atoms with Gasteiger partial charge in [-0.3, -0.25) is 0 Å². The van der Waals surface area contributed by atoms with E-state index in [1.165, 1.54) is 19.3 Å². The molecular formula is C16H14O6. The monoisotopic (exact) mass is 302 g/mol. The van der Waals surface area contributed by atoms with Crippen molar-refractivity contribution in [1.82, 2.24) is 0 Å². The highest BCUT2D eigenvalue weighted by molar-refractivity contribution is 5.85. The molecule has 0 unspecified atom stereocenters. The largest absolute Gasteiger partial charge is 0.496 e. The van der Waals surface area contributed by atoms with E-state index >= 15 is 0 Å². The van der Waals surface area contributed by atoms with Crippen LogP contribution in [0.4, 0.5) is 0 Å². The number of carboxylic acid groups (broad SMARTS) is 2. The van der Waals surface area contributed by atoms with Crippen molar-refractivity contribution in [3.8, 4) is 5.75 Å². The number of carbonyl (C=O) groups is 2. The van der Waals surface area contributed by atoms with Gasteiger partial charge in [-0.2, -0.15) is 0 Å². The molecule has 0 bridgehead atoms. The van der Waals surface area contributed by atoms with Gasteiger partial charge in [0.05, 0.1) is 7.11 Å². The number of aliphatic carboxylic acids is 1. The van der Waals surface area contributed by atoms with Gasteiger partial charge in [0, 0.05) is 18.1 Å². The first kappa shape index (κ1) is 15.4. The Labute approximate surface area is 126 Å². The Morgan fingerprint density at radius 1 is 1.23 bits per heavy atom. The molecule has 2 N–H and O–H groups in total. The predicted octanol–water partition coefficient (Wildman–Crippen LogP) is 2.68. The molecule has 0 radical (unpaired) electrons. The second-order valence-electron chi connectivity index (χ2n) is 4.49. The molecule has 1 heterocycles. The average Bonchev–Trinajstić information content (AvgIpc) is 2.95. The van der Waals surface area contributed by atoms with Crippen molar-refractivity contribution in [2.24, 2.45) is 0 Å². The fourth-order valence-electron chi connectivity index (χ4n) is 1.95. The summed E-state index contributed by atoms with van der Waals surface area (Å²) in [6.45, 7) is 0. The van der Waals surface area contributed by atoms with Gasteiger partial charge in [0.15, 0.2) is 0 Å². The lowest BCUT2D eigenvalue weighted by atomic mass is 10.1. The minimum Gasteiger partial charge on any atom is -0.496 e. The number of hydrogen-bond acceptors (Lipinski definition) is 4. The summed E-state index contributed by atoms with van der Waals surface area (Å²) >= 11 is 0. The van der Waals surface area contributed by atoms with Crippen molar-refractivity contribution >= 4 is 18.0 Å². The summed E-state index contributed by atoms with van der Waals surface area (Å²) in [6, 6.07) is 8.23. The zero-order valence-corrected chi connectivity index (χ0v) is 11.8. The van der Waals surface area contributed by atoms with E-state index in [1.54, 1.807) is 24.3 Å². The smallest absolute Gasteiger partial charge is 0.371 e. The molecule has 1 aromatic heterocycles. The van der Waals surface area contributed by atoms with Gasteiger partial charge >= 0.3 is 11.9 Å². The molecule has 0 saturated carbocycles. The molecule has 1 aromatic carbocycles. The SMILES string of the molecule is COc1cc(/C=C/C(=O)O)ccc1Cc1ccc(C(=O)O)o1. The summed E-state index contributed by atoms with van der Waals surface area (Å²) in [6.07, 6.45) is 2.88. The highest BCUT2D eigenvalue weighted by atomic mass is 16.5. The number of hydrogen-bond donors (Lipinski definition) is 2. The van der Waals surface area contributed by atoms with Crippen LogP contribution >= 0.6 is 0 Å². The third kappa shape index (κ3) is 3.76. The predicted molar refractivity (Wildman–Crippen MR) is 78.1 cm³/mol. The highest BCUT2D eigenvalue weighted by Crippen LogP contribution is 2.24. The lowest BCUT2D eigenvalue weighted by molar-refractivity contribution is -0.131. The summed E-state index contributed by atoms with van der Waals surface area (Å²) in [7, 11) is 1.51. The number of ether oxygens (including phenoxy) is 1. The molecular weight excluding hydrogens is 288 g/mol. The van der Waals surface area contributed by atoms with Crippen LogP contribution in [0.1, 0.15) is 27.4 Å². The first-order valence-electron chi connectivity index (χ1n) is 6.39. The van der Waals surface area contributed by atoms with E-state index in [0.717, 1.165) is 11.6 Å². The zero-order chi connectivity index (χ0) is 16.1. The second kappa shape index (κ2) is 6.62. The first-order valence-corrected chi connectivity index (χ1v) is 6.39. The fourth-order valence-corrected chi connectivity index (χ4v) is 1.95. The van der Waals surface area contributed by atoms with E-state index < -0.39 is 11.9 Å². The second-order valence-corrected chi connectivity index (χ2v) is 4.49. The van der Waals surface area contributed by atoms with Crippen LogP contribution in [0.3, 0.4) is 0 Å². The Morgan fingerprint density at radius 2 is 2.00 bits per heavy atom. The molecule has 0 aliphatic rings. The van der Waals surface area contributed by atoms with E-state index in [1.807, 2.05) is 0 Å². The maximum atomic E-state index is 10.8. The van der Waals surface area contributed by atoms with E-state index in [0.29, 0.717) is 23.5 Å². The van der Waals surface area contributed by atoms with Crippen LogP contribution < -0.4 is 4.74 Å². The van der Waals surface area contributed by atoms with Gasteiger partial charge in [-0.05, 0) is 29.8 Å². The average molecular weight is 302 g/mol. The van der Waals surface area contributed by atoms with Gasteiger partial charge in [0.25, 0.3) is 0 Å². The number of furan rings is 1. The third-order valence-corrected chi connectivity index (χ3v) is 2.97. The number of aromatic carboxylic acids is 1. The van der Waals surface area contributed by atoms with Gasteiger partial charge in [-0.25, -0.2) is 9.59 Å². The molecule has 2 aromatic rings. The van der Waals surface area contributed by atoms with Gasteiger partial charge in [-0.1, -0.05) is 12.1 Å². The van der Waals surface area contributed by atoms with Crippen molar-refractivity contribution in [2.75, 3.05) is 7.11 Å². The molecule has 0 amide bonds. The van der Waals surface area contributed by atoms with E-state index in [-0.39, 0.29) is 5.76 Å². The molecule has 6 nitrogen and oxygen atoms in total. The topological polar surface area (TPSA) is 97.0 Å². The molecule has 0 spiro atoms. The van der Waals surface area contributed by atoms with Gasteiger partial charge in [0.1, 0.15) is 11.5 Å². The Morgan fingerprint density at radius 3 is 2.59 bits per heavy atom. The van der Waals surface area contributed by atoms with Crippen molar-refractivity contribution in [2.45, 2.75) is 6.42 Å². The molecule has 0 saturated heterocycles. The number of methoxy groups -OCH3 is 1. The van der Waals surface area contributed by atoms with Gasteiger partial charge in [0.2, 0.25) is 5.76 Å². The Balaban J connectivity index is 2.23.